The minimum atomic E-state index is 0.918. The van der Waals surface area contributed by atoms with Gasteiger partial charge in [0.25, 0.3) is 0 Å². The van der Waals surface area contributed by atoms with Crippen molar-refractivity contribution < 1.29 is 0 Å². The molecule has 0 aromatic heterocycles. The molecule has 1 aromatic rings. The first kappa shape index (κ1) is 11.8. The van der Waals surface area contributed by atoms with Crippen molar-refractivity contribution in [2.45, 2.75) is 32.2 Å². The molecule has 2 atom stereocenters. The Hall–Kier alpha value is -1.02. The molecule has 2 nitrogen and oxygen atoms in total. The molecule has 2 saturated heterocycles. The van der Waals surface area contributed by atoms with Gasteiger partial charge in [-0.15, -0.1) is 0 Å². The highest BCUT2D eigenvalue weighted by Crippen LogP contribution is 2.38. The van der Waals surface area contributed by atoms with Crippen molar-refractivity contribution in [3.63, 3.8) is 0 Å². The molecule has 2 heteroatoms. The summed E-state index contributed by atoms with van der Waals surface area (Å²) in [7, 11) is 0. The van der Waals surface area contributed by atoms with Crippen LogP contribution in [0.2, 0.25) is 0 Å². The average Bonchev–Trinajstić information content (AvgIpc) is 2.84. The fraction of sp³-hybridized carbons (Fsp3) is 0.647. The maximum absolute atomic E-state index is 2.78. The van der Waals surface area contributed by atoms with E-state index in [-0.39, 0.29) is 0 Å². The van der Waals surface area contributed by atoms with Crippen molar-refractivity contribution >= 4 is 5.69 Å². The summed E-state index contributed by atoms with van der Waals surface area (Å²) in [6.07, 6.45) is 4.38. The SMILES string of the molecule is Cc1cccc(N2CC3CN(C4CCC4)CC3C2)c1. The van der Waals surface area contributed by atoms with Gasteiger partial charge in [0.05, 0.1) is 0 Å². The third-order valence-electron chi connectivity index (χ3n) is 5.47. The Morgan fingerprint density at radius 3 is 2.32 bits per heavy atom. The van der Waals surface area contributed by atoms with E-state index in [1.165, 1.54) is 56.7 Å². The fourth-order valence-corrected chi connectivity index (χ4v) is 4.11. The second kappa shape index (κ2) is 4.52. The van der Waals surface area contributed by atoms with Gasteiger partial charge in [-0.1, -0.05) is 18.6 Å². The Kier molecular flexibility index (Phi) is 2.80. The summed E-state index contributed by atoms with van der Waals surface area (Å²) >= 11 is 0. The van der Waals surface area contributed by atoms with E-state index < -0.39 is 0 Å². The van der Waals surface area contributed by atoms with Gasteiger partial charge in [-0.05, 0) is 49.3 Å². The number of anilines is 1. The second-order valence-corrected chi connectivity index (χ2v) is 6.80. The molecule has 0 radical (unpaired) electrons. The minimum Gasteiger partial charge on any atom is -0.371 e. The molecule has 2 aliphatic heterocycles. The fourth-order valence-electron chi connectivity index (χ4n) is 4.11. The van der Waals surface area contributed by atoms with Crippen LogP contribution in [0.15, 0.2) is 24.3 Å². The van der Waals surface area contributed by atoms with Gasteiger partial charge in [-0.3, -0.25) is 4.90 Å². The van der Waals surface area contributed by atoms with E-state index in [1.54, 1.807) is 0 Å². The molecule has 2 unspecified atom stereocenters. The number of likely N-dealkylation sites (tertiary alicyclic amines) is 1. The zero-order valence-corrected chi connectivity index (χ0v) is 11.9. The van der Waals surface area contributed by atoms with Gasteiger partial charge in [0.15, 0.2) is 0 Å². The van der Waals surface area contributed by atoms with E-state index in [2.05, 4.69) is 41.0 Å². The molecule has 0 spiro atoms. The van der Waals surface area contributed by atoms with Crippen LogP contribution >= 0.6 is 0 Å². The molecule has 1 saturated carbocycles. The maximum atomic E-state index is 2.78. The summed E-state index contributed by atoms with van der Waals surface area (Å²) in [5.74, 6) is 1.84. The van der Waals surface area contributed by atoms with Crippen LogP contribution < -0.4 is 4.90 Å². The van der Waals surface area contributed by atoms with Gasteiger partial charge in [-0.2, -0.15) is 0 Å². The summed E-state index contributed by atoms with van der Waals surface area (Å²) < 4.78 is 0. The summed E-state index contributed by atoms with van der Waals surface area (Å²) in [5, 5.41) is 0. The van der Waals surface area contributed by atoms with Crippen LogP contribution in [-0.4, -0.2) is 37.1 Å². The monoisotopic (exact) mass is 256 g/mol. The molecule has 19 heavy (non-hydrogen) atoms. The van der Waals surface area contributed by atoms with E-state index in [0.717, 1.165) is 17.9 Å². The molecule has 0 bridgehead atoms. The number of aryl methyl sites for hydroxylation is 1. The van der Waals surface area contributed by atoms with Crippen LogP contribution in [0.1, 0.15) is 24.8 Å². The highest BCUT2D eigenvalue weighted by atomic mass is 15.3. The van der Waals surface area contributed by atoms with Crippen molar-refractivity contribution in [3.8, 4) is 0 Å². The summed E-state index contributed by atoms with van der Waals surface area (Å²) in [6, 6.07) is 9.94. The Morgan fingerprint density at radius 1 is 1.00 bits per heavy atom. The third kappa shape index (κ3) is 2.06. The highest BCUT2D eigenvalue weighted by Gasteiger charge is 2.42. The van der Waals surface area contributed by atoms with Crippen molar-refractivity contribution in [2.75, 3.05) is 31.1 Å². The summed E-state index contributed by atoms with van der Waals surface area (Å²) in [5.41, 5.74) is 2.82. The van der Waals surface area contributed by atoms with E-state index in [4.69, 9.17) is 0 Å². The molecular formula is C17H24N2. The number of hydrogen-bond donors (Lipinski definition) is 0. The molecule has 4 rings (SSSR count). The molecule has 0 amide bonds. The molecule has 102 valence electrons. The predicted octanol–water partition coefficient (Wildman–Crippen LogP) is 2.92. The first-order chi connectivity index (χ1) is 9.29. The van der Waals surface area contributed by atoms with Gasteiger partial charge in [0, 0.05) is 37.9 Å². The first-order valence-corrected chi connectivity index (χ1v) is 7.85. The smallest absolute Gasteiger partial charge is 0.0369 e. The first-order valence-electron chi connectivity index (χ1n) is 7.85. The molecule has 3 fully saturated rings. The Morgan fingerprint density at radius 2 is 1.74 bits per heavy atom. The highest BCUT2D eigenvalue weighted by molar-refractivity contribution is 5.49. The normalized spacial score (nSPS) is 31.5. The predicted molar refractivity (Wildman–Crippen MR) is 79.6 cm³/mol. The maximum Gasteiger partial charge on any atom is 0.0369 e. The van der Waals surface area contributed by atoms with Crippen LogP contribution in [0.25, 0.3) is 0 Å². The van der Waals surface area contributed by atoms with Gasteiger partial charge in [0.1, 0.15) is 0 Å². The lowest BCUT2D eigenvalue weighted by Crippen LogP contribution is -2.40. The van der Waals surface area contributed by atoms with E-state index >= 15 is 0 Å². The van der Waals surface area contributed by atoms with Crippen molar-refractivity contribution in [2.24, 2.45) is 11.8 Å². The largest absolute Gasteiger partial charge is 0.371 e. The second-order valence-electron chi connectivity index (χ2n) is 6.80. The topological polar surface area (TPSA) is 6.48 Å². The average molecular weight is 256 g/mol. The minimum absolute atomic E-state index is 0.918. The van der Waals surface area contributed by atoms with Gasteiger partial charge < -0.3 is 4.90 Å². The zero-order chi connectivity index (χ0) is 12.8. The van der Waals surface area contributed by atoms with E-state index in [9.17, 15) is 0 Å². The number of fused-ring (bicyclic) bond motifs is 1. The lowest BCUT2D eigenvalue weighted by molar-refractivity contribution is 0.149. The lowest BCUT2D eigenvalue weighted by atomic mass is 9.92. The molecule has 0 N–H and O–H groups in total. The van der Waals surface area contributed by atoms with E-state index in [1.807, 2.05) is 0 Å². The molecule has 2 heterocycles. The van der Waals surface area contributed by atoms with Crippen molar-refractivity contribution in [3.05, 3.63) is 29.8 Å². The molecule has 1 aromatic carbocycles. The third-order valence-corrected chi connectivity index (χ3v) is 5.47. The van der Waals surface area contributed by atoms with Crippen molar-refractivity contribution in [1.82, 2.24) is 4.90 Å². The van der Waals surface area contributed by atoms with Crippen LogP contribution in [-0.2, 0) is 0 Å². The number of benzene rings is 1. The van der Waals surface area contributed by atoms with Gasteiger partial charge in [-0.25, -0.2) is 0 Å². The summed E-state index contributed by atoms with van der Waals surface area (Å²) in [6.45, 7) is 7.46. The molecular weight excluding hydrogens is 232 g/mol. The van der Waals surface area contributed by atoms with Crippen LogP contribution in [0.5, 0.6) is 0 Å². The number of nitrogens with zero attached hydrogens (tertiary/aromatic N) is 2. The Bertz CT molecular complexity index is 452. The summed E-state index contributed by atoms with van der Waals surface area (Å²) in [4.78, 5) is 5.40. The zero-order valence-electron chi connectivity index (χ0n) is 11.9. The van der Waals surface area contributed by atoms with Crippen LogP contribution in [0.3, 0.4) is 0 Å². The van der Waals surface area contributed by atoms with Gasteiger partial charge in [0.2, 0.25) is 0 Å². The number of rotatable bonds is 2. The molecule has 1 aliphatic carbocycles. The van der Waals surface area contributed by atoms with Gasteiger partial charge >= 0.3 is 0 Å². The quantitative estimate of drug-likeness (QED) is 0.803. The molecule has 3 aliphatic rings. The standard InChI is InChI=1S/C17H24N2/c1-13-4-2-7-17(8-13)19-11-14-9-18(10-15(14)12-19)16-5-3-6-16/h2,4,7-8,14-16H,3,5-6,9-12H2,1H3. The number of hydrogen-bond acceptors (Lipinski definition) is 2. The Balaban J connectivity index is 1.43. The lowest BCUT2D eigenvalue weighted by Gasteiger charge is -2.35. The van der Waals surface area contributed by atoms with Crippen LogP contribution in [0.4, 0.5) is 5.69 Å². The Labute approximate surface area is 116 Å². The van der Waals surface area contributed by atoms with E-state index in [0.29, 0.717) is 0 Å². The van der Waals surface area contributed by atoms with Crippen molar-refractivity contribution in [1.29, 1.82) is 0 Å². The van der Waals surface area contributed by atoms with Crippen LogP contribution in [0, 0.1) is 18.8 Å².